The van der Waals surface area contributed by atoms with Crippen LogP contribution in [0.25, 0.3) is 0 Å². The molecule has 1 unspecified atom stereocenters. The van der Waals surface area contributed by atoms with Gasteiger partial charge in [0.1, 0.15) is 0 Å². The van der Waals surface area contributed by atoms with E-state index in [2.05, 4.69) is 60.7 Å². The van der Waals surface area contributed by atoms with Gasteiger partial charge in [0.25, 0.3) is 0 Å². The van der Waals surface area contributed by atoms with Gasteiger partial charge in [0.15, 0.2) is 0 Å². The van der Waals surface area contributed by atoms with Gasteiger partial charge in [0.2, 0.25) is 0 Å². The first-order valence-electron chi connectivity index (χ1n) is 9.28. The minimum absolute atomic E-state index is 0.0274. The topological polar surface area (TPSA) is 44.4 Å². The number of hydrogen-bond donors (Lipinski definition) is 2. The van der Waals surface area contributed by atoms with Crippen LogP contribution in [0.1, 0.15) is 56.7 Å². The summed E-state index contributed by atoms with van der Waals surface area (Å²) in [7, 11) is 2.18. The van der Waals surface area contributed by atoms with Crippen LogP contribution in [0.4, 0.5) is 4.79 Å². The summed E-state index contributed by atoms with van der Waals surface area (Å²) in [6.45, 7) is 7.66. The molecular formula is C20H31N3O. The Hall–Kier alpha value is -1.55. The van der Waals surface area contributed by atoms with E-state index >= 15 is 0 Å². The largest absolute Gasteiger partial charge is 0.338 e. The van der Waals surface area contributed by atoms with Crippen molar-refractivity contribution in [1.29, 1.82) is 0 Å². The molecule has 0 aromatic heterocycles. The smallest absolute Gasteiger partial charge is 0.315 e. The Bertz CT molecular complexity index is 576. The predicted octanol–water partition coefficient (Wildman–Crippen LogP) is 3.44. The van der Waals surface area contributed by atoms with Gasteiger partial charge in [-0.3, -0.25) is 0 Å². The van der Waals surface area contributed by atoms with Crippen molar-refractivity contribution in [3.63, 3.8) is 0 Å². The van der Waals surface area contributed by atoms with E-state index in [1.54, 1.807) is 0 Å². The van der Waals surface area contributed by atoms with Crippen molar-refractivity contribution in [1.82, 2.24) is 15.5 Å². The van der Waals surface area contributed by atoms with E-state index in [0.29, 0.717) is 0 Å². The summed E-state index contributed by atoms with van der Waals surface area (Å²) >= 11 is 0. The molecule has 0 radical (unpaired) electrons. The van der Waals surface area contributed by atoms with E-state index in [-0.39, 0.29) is 17.5 Å². The third kappa shape index (κ3) is 3.92. The van der Waals surface area contributed by atoms with Crippen LogP contribution in [0.5, 0.6) is 0 Å². The van der Waals surface area contributed by atoms with E-state index in [1.165, 1.54) is 37.1 Å². The van der Waals surface area contributed by atoms with Crippen LogP contribution in [-0.2, 0) is 5.41 Å². The van der Waals surface area contributed by atoms with E-state index in [9.17, 15) is 4.79 Å². The molecule has 1 aromatic rings. The molecule has 0 spiro atoms. The number of nitrogens with zero attached hydrogens (tertiary/aromatic N) is 1. The van der Waals surface area contributed by atoms with Crippen LogP contribution in [0.2, 0.25) is 0 Å². The molecule has 24 heavy (non-hydrogen) atoms. The molecule has 0 bridgehead atoms. The standard InChI is InChI=1S/C20H31N3O/c1-20(2)14-18(16-6-4-5-7-17(16)20)22-19(24)21-11-8-15-9-12-23(3)13-10-15/h4-7,15,18H,8-14H2,1-3H3,(H2,21,22,24). The highest BCUT2D eigenvalue weighted by Crippen LogP contribution is 2.44. The van der Waals surface area contributed by atoms with Gasteiger partial charge >= 0.3 is 6.03 Å². The zero-order valence-electron chi connectivity index (χ0n) is 15.3. The summed E-state index contributed by atoms with van der Waals surface area (Å²) in [5, 5.41) is 6.24. The van der Waals surface area contributed by atoms with Gasteiger partial charge in [-0.2, -0.15) is 0 Å². The minimum atomic E-state index is -0.0274. The van der Waals surface area contributed by atoms with Crippen LogP contribution in [0, 0.1) is 5.92 Å². The average molecular weight is 329 g/mol. The van der Waals surface area contributed by atoms with E-state index in [4.69, 9.17) is 0 Å². The van der Waals surface area contributed by atoms with Crippen molar-refractivity contribution in [3.05, 3.63) is 35.4 Å². The van der Waals surface area contributed by atoms with Crippen LogP contribution >= 0.6 is 0 Å². The van der Waals surface area contributed by atoms with E-state index < -0.39 is 0 Å². The molecule has 1 aliphatic heterocycles. The summed E-state index contributed by atoms with van der Waals surface area (Å²) in [6, 6.07) is 8.58. The Morgan fingerprint density at radius 2 is 1.96 bits per heavy atom. The summed E-state index contributed by atoms with van der Waals surface area (Å²) in [5.41, 5.74) is 2.76. The van der Waals surface area contributed by atoms with Gasteiger partial charge < -0.3 is 15.5 Å². The maximum atomic E-state index is 12.3. The van der Waals surface area contributed by atoms with Crippen molar-refractivity contribution in [2.45, 2.75) is 51.0 Å². The SMILES string of the molecule is CN1CCC(CCNC(=O)NC2CC(C)(C)c3ccccc32)CC1. The second-order valence-electron chi connectivity index (χ2n) is 8.16. The molecule has 2 amide bonds. The molecule has 1 aromatic carbocycles. The number of nitrogens with one attached hydrogen (secondary N) is 2. The number of fused-ring (bicyclic) bond motifs is 1. The summed E-state index contributed by atoms with van der Waals surface area (Å²) in [6.07, 6.45) is 4.57. The lowest BCUT2D eigenvalue weighted by Crippen LogP contribution is -2.39. The molecular weight excluding hydrogens is 298 g/mol. The number of carbonyl (C=O) groups is 1. The molecule has 1 saturated heterocycles. The zero-order valence-corrected chi connectivity index (χ0v) is 15.3. The summed E-state index contributed by atoms with van der Waals surface area (Å²) < 4.78 is 0. The molecule has 2 aliphatic rings. The Morgan fingerprint density at radius 3 is 2.71 bits per heavy atom. The molecule has 1 aliphatic carbocycles. The highest BCUT2D eigenvalue weighted by Gasteiger charge is 2.37. The quantitative estimate of drug-likeness (QED) is 0.889. The molecule has 3 rings (SSSR count). The first kappa shape index (κ1) is 17.3. The van der Waals surface area contributed by atoms with Crippen LogP contribution in [-0.4, -0.2) is 37.6 Å². The summed E-state index contributed by atoms with van der Waals surface area (Å²) in [5.74, 6) is 0.757. The van der Waals surface area contributed by atoms with Crippen molar-refractivity contribution in [3.8, 4) is 0 Å². The van der Waals surface area contributed by atoms with Crippen molar-refractivity contribution >= 4 is 6.03 Å². The second-order valence-corrected chi connectivity index (χ2v) is 8.16. The van der Waals surface area contributed by atoms with Crippen molar-refractivity contribution in [2.24, 2.45) is 5.92 Å². The van der Waals surface area contributed by atoms with E-state index in [1.807, 2.05) is 0 Å². The molecule has 2 N–H and O–H groups in total. The number of piperidine rings is 1. The first-order valence-corrected chi connectivity index (χ1v) is 9.28. The molecule has 132 valence electrons. The second kappa shape index (κ2) is 7.14. The van der Waals surface area contributed by atoms with Crippen LogP contribution in [0.15, 0.2) is 24.3 Å². The highest BCUT2D eigenvalue weighted by molar-refractivity contribution is 5.74. The Labute approximate surface area is 146 Å². The van der Waals surface area contributed by atoms with Crippen molar-refractivity contribution in [2.75, 3.05) is 26.7 Å². The summed E-state index contributed by atoms with van der Waals surface area (Å²) in [4.78, 5) is 14.7. The van der Waals surface area contributed by atoms with E-state index in [0.717, 1.165) is 25.3 Å². The van der Waals surface area contributed by atoms with Gasteiger partial charge in [-0.25, -0.2) is 4.79 Å². The fourth-order valence-corrected chi connectivity index (χ4v) is 4.23. The van der Waals surface area contributed by atoms with Gasteiger partial charge in [-0.1, -0.05) is 38.1 Å². The number of benzene rings is 1. The lowest BCUT2D eigenvalue weighted by molar-refractivity contribution is 0.209. The number of urea groups is 1. The number of rotatable bonds is 4. The molecule has 1 atom stereocenters. The normalized spacial score (nSPS) is 23.7. The number of likely N-dealkylation sites (tertiary alicyclic amines) is 1. The fourth-order valence-electron chi connectivity index (χ4n) is 4.23. The lowest BCUT2D eigenvalue weighted by atomic mass is 9.86. The van der Waals surface area contributed by atoms with Gasteiger partial charge in [-0.15, -0.1) is 0 Å². The van der Waals surface area contributed by atoms with Crippen LogP contribution in [0.3, 0.4) is 0 Å². The third-order valence-corrected chi connectivity index (χ3v) is 5.76. The number of carbonyl (C=O) groups excluding carboxylic acids is 1. The number of amides is 2. The van der Waals surface area contributed by atoms with Crippen molar-refractivity contribution < 1.29 is 4.79 Å². The average Bonchev–Trinajstić information content (AvgIpc) is 2.80. The Balaban J connectivity index is 1.46. The first-order chi connectivity index (χ1) is 11.5. The third-order valence-electron chi connectivity index (χ3n) is 5.76. The Morgan fingerprint density at radius 1 is 1.25 bits per heavy atom. The molecule has 1 fully saturated rings. The Kier molecular flexibility index (Phi) is 5.14. The lowest BCUT2D eigenvalue weighted by Gasteiger charge is -2.29. The van der Waals surface area contributed by atoms with Gasteiger partial charge in [0.05, 0.1) is 6.04 Å². The predicted molar refractivity (Wildman–Crippen MR) is 98.2 cm³/mol. The minimum Gasteiger partial charge on any atom is -0.338 e. The molecule has 0 saturated carbocycles. The van der Waals surface area contributed by atoms with Crippen LogP contribution < -0.4 is 10.6 Å². The maximum absolute atomic E-state index is 12.3. The monoisotopic (exact) mass is 329 g/mol. The van der Waals surface area contributed by atoms with Gasteiger partial charge in [0, 0.05) is 6.54 Å². The zero-order chi connectivity index (χ0) is 17.2. The molecule has 4 heteroatoms. The number of hydrogen-bond acceptors (Lipinski definition) is 2. The molecule has 1 heterocycles. The van der Waals surface area contributed by atoms with Gasteiger partial charge in [-0.05, 0) is 68.3 Å². The molecule has 4 nitrogen and oxygen atoms in total. The fraction of sp³-hybridized carbons (Fsp3) is 0.650. The maximum Gasteiger partial charge on any atom is 0.315 e. The highest BCUT2D eigenvalue weighted by atomic mass is 16.2.